The second kappa shape index (κ2) is 6.38. The van der Waals surface area contributed by atoms with Crippen LogP contribution in [0.1, 0.15) is 30.2 Å². The molecule has 1 N–H and O–H groups in total. The molecule has 132 valence electrons. The Morgan fingerprint density at radius 3 is 2.96 bits per heavy atom. The summed E-state index contributed by atoms with van der Waals surface area (Å²) in [5, 5.41) is 16.1. The maximum absolute atomic E-state index is 5.51. The van der Waals surface area contributed by atoms with E-state index in [4.69, 9.17) is 4.52 Å². The van der Waals surface area contributed by atoms with Crippen molar-refractivity contribution in [3.63, 3.8) is 0 Å². The second-order valence-electron chi connectivity index (χ2n) is 6.64. The fourth-order valence-electron chi connectivity index (χ4n) is 3.42. The summed E-state index contributed by atoms with van der Waals surface area (Å²) in [6, 6.07) is 7.94. The third kappa shape index (κ3) is 2.88. The van der Waals surface area contributed by atoms with Gasteiger partial charge in [0.2, 0.25) is 0 Å². The SMILES string of the molecule is c1ccn2cc(-c3cn(Cc4cc(C5CCNCC5)no4)nn3)nc2c1. The maximum atomic E-state index is 5.51. The fraction of sp³-hybridized carbons (Fsp3) is 0.333. The van der Waals surface area contributed by atoms with Gasteiger partial charge in [-0.05, 0) is 38.1 Å². The highest BCUT2D eigenvalue weighted by Crippen LogP contribution is 2.25. The van der Waals surface area contributed by atoms with E-state index in [0.29, 0.717) is 12.5 Å². The van der Waals surface area contributed by atoms with Crippen LogP contribution in [0.2, 0.25) is 0 Å². The lowest BCUT2D eigenvalue weighted by molar-refractivity contribution is 0.352. The largest absolute Gasteiger partial charge is 0.359 e. The van der Waals surface area contributed by atoms with Crippen LogP contribution < -0.4 is 5.32 Å². The molecule has 0 radical (unpaired) electrons. The van der Waals surface area contributed by atoms with Gasteiger partial charge in [-0.3, -0.25) is 0 Å². The average molecular weight is 349 g/mol. The molecule has 4 aromatic heterocycles. The van der Waals surface area contributed by atoms with Gasteiger partial charge in [0, 0.05) is 24.4 Å². The van der Waals surface area contributed by atoms with Crippen molar-refractivity contribution in [3.8, 4) is 11.4 Å². The van der Waals surface area contributed by atoms with Gasteiger partial charge in [0.05, 0.1) is 11.9 Å². The van der Waals surface area contributed by atoms with E-state index < -0.39 is 0 Å². The highest BCUT2D eigenvalue weighted by Gasteiger charge is 2.19. The molecule has 0 aliphatic carbocycles. The molecule has 0 saturated carbocycles. The summed E-state index contributed by atoms with van der Waals surface area (Å²) in [5.41, 5.74) is 3.48. The van der Waals surface area contributed by atoms with Crippen molar-refractivity contribution in [3.05, 3.63) is 54.3 Å². The van der Waals surface area contributed by atoms with E-state index in [1.54, 1.807) is 4.68 Å². The highest BCUT2D eigenvalue weighted by atomic mass is 16.5. The van der Waals surface area contributed by atoms with Gasteiger partial charge >= 0.3 is 0 Å². The molecule has 1 aliphatic heterocycles. The lowest BCUT2D eigenvalue weighted by Crippen LogP contribution is -2.26. The van der Waals surface area contributed by atoms with Gasteiger partial charge in [0.15, 0.2) is 5.76 Å². The fourth-order valence-corrected chi connectivity index (χ4v) is 3.42. The Kier molecular flexibility index (Phi) is 3.75. The van der Waals surface area contributed by atoms with Crippen molar-refractivity contribution in [1.29, 1.82) is 0 Å². The van der Waals surface area contributed by atoms with Crippen LogP contribution in [0.5, 0.6) is 0 Å². The molecule has 1 saturated heterocycles. The quantitative estimate of drug-likeness (QED) is 0.607. The Bertz CT molecular complexity index is 992. The standard InChI is InChI=1S/C18H19N7O/c1-2-8-24-11-16(20-18(24)3-1)17-12-25(23-21-17)10-14-9-15(22-26-14)13-4-6-19-7-5-13/h1-3,8-9,11-13,19H,4-7,10H2. The monoisotopic (exact) mass is 349 g/mol. The smallest absolute Gasteiger partial charge is 0.158 e. The maximum Gasteiger partial charge on any atom is 0.158 e. The summed E-state index contributed by atoms with van der Waals surface area (Å²) in [5.74, 6) is 1.28. The van der Waals surface area contributed by atoms with Crippen LogP contribution in [-0.4, -0.2) is 42.6 Å². The van der Waals surface area contributed by atoms with Crippen LogP contribution in [0, 0.1) is 0 Å². The van der Waals surface area contributed by atoms with Crippen LogP contribution in [0.4, 0.5) is 0 Å². The van der Waals surface area contributed by atoms with Crippen molar-refractivity contribution in [2.24, 2.45) is 0 Å². The van der Waals surface area contributed by atoms with Gasteiger partial charge in [-0.25, -0.2) is 9.67 Å². The number of hydrogen-bond donors (Lipinski definition) is 1. The molecule has 26 heavy (non-hydrogen) atoms. The molecule has 0 amide bonds. The van der Waals surface area contributed by atoms with E-state index in [1.165, 1.54) is 0 Å². The lowest BCUT2D eigenvalue weighted by atomic mass is 9.95. The number of rotatable bonds is 4. The van der Waals surface area contributed by atoms with Crippen molar-refractivity contribution in [2.45, 2.75) is 25.3 Å². The first-order chi connectivity index (χ1) is 12.8. The summed E-state index contributed by atoms with van der Waals surface area (Å²) < 4.78 is 9.23. The first-order valence-electron chi connectivity index (χ1n) is 8.85. The lowest BCUT2D eigenvalue weighted by Gasteiger charge is -2.19. The summed E-state index contributed by atoms with van der Waals surface area (Å²) in [6.45, 7) is 2.59. The summed E-state index contributed by atoms with van der Waals surface area (Å²) in [4.78, 5) is 4.57. The van der Waals surface area contributed by atoms with Crippen LogP contribution in [0.3, 0.4) is 0 Å². The molecule has 1 fully saturated rings. The predicted octanol–water partition coefficient (Wildman–Crippen LogP) is 2.10. The number of aromatic nitrogens is 6. The molecule has 0 aromatic carbocycles. The van der Waals surface area contributed by atoms with Crippen molar-refractivity contribution >= 4 is 5.65 Å². The summed E-state index contributed by atoms with van der Waals surface area (Å²) in [7, 11) is 0. The molecule has 8 heteroatoms. The number of fused-ring (bicyclic) bond motifs is 1. The minimum atomic E-state index is 0.484. The highest BCUT2D eigenvalue weighted by molar-refractivity contribution is 5.57. The zero-order chi connectivity index (χ0) is 17.3. The van der Waals surface area contributed by atoms with Crippen LogP contribution in [0.15, 0.2) is 47.4 Å². The minimum absolute atomic E-state index is 0.484. The molecule has 5 rings (SSSR count). The first-order valence-corrected chi connectivity index (χ1v) is 8.85. The van der Waals surface area contributed by atoms with Gasteiger partial charge in [-0.2, -0.15) is 0 Å². The summed E-state index contributed by atoms with van der Waals surface area (Å²) in [6.07, 6.45) is 8.01. The Morgan fingerprint density at radius 2 is 2.08 bits per heavy atom. The van der Waals surface area contributed by atoms with Gasteiger partial charge in [0.1, 0.15) is 23.6 Å². The molecule has 8 nitrogen and oxygen atoms in total. The van der Waals surface area contributed by atoms with Gasteiger partial charge < -0.3 is 14.2 Å². The molecule has 5 heterocycles. The van der Waals surface area contributed by atoms with E-state index in [-0.39, 0.29) is 0 Å². The Labute approximate surface area is 149 Å². The Morgan fingerprint density at radius 1 is 1.15 bits per heavy atom. The number of nitrogens with one attached hydrogen (secondary N) is 1. The molecule has 1 aliphatic rings. The molecule has 0 atom stereocenters. The van der Waals surface area contributed by atoms with E-state index >= 15 is 0 Å². The van der Waals surface area contributed by atoms with Crippen molar-refractivity contribution < 1.29 is 4.52 Å². The van der Waals surface area contributed by atoms with Gasteiger partial charge in [-0.1, -0.05) is 16.4 Å². The molecule has 0 bridgehead atoms. The summed E-state index contributed by atoms with van der Waals surface area (Å²) >= 11 is 0. The topological polar surface area (TPSA) is 86.1 Å². The minimum Gasteiger partial charge on any atom is -0.359 e. The molecule has 0 spiro atoms. The Balaban J connectivity index is 1.33. The van der Waals surface area contributed by atoms with Crippen LogP contribution in [0.25, 0.3) is 17.0 Å². The first kappa shape index (κ1) is 15.3. The van der Waals surface area contributed by atoms with Crippen LogP contribution >= 0.6 is 0 Å². The predicted molar refractivity (Wildman–Crippen MR) is 94.7 cm³/mol. The van der Waals surface area contributed by atoms with Crippen molar-refractivity contribution in [2.75, 3.05) is 13.1 Å². The van der Waals surface area contributed by atoms with Crippen molar-refractivity contribution in [1.82, 2.24) is 34.9 Å². The molecular formula is C18H19N7O. The van der Waals surface area contributed by atoms with Gasteiger partial charge in [-0.15, -0.1) is 5.10 Å². The third-order valence-electron chi connectivity index (χ3n) is 4.82. The number of nitrogens with zero attached hydrogens (tertiary/aromatic N) is 6. The molecular weight excluding hydrogens is 330 g/mol. The Hall–Kier alpha value is -3.00. The number of imidazole rings is 1. The van der Waals surface area contributed by atoms with Crippen LogP contribution in [-0.2, 0) is 6.54 Å². The number of pyridine rings is 1. The normalized spacial score (nSPS) is 15.7. The zero-order valence-corrected chi connectivity index (χ0v) is 14.2. The average Bonchev–Trinajstić information content (AvgIpc) is 3.42. The second-order valence-corrected chi connectivity index (χ2v) is 6.64. The zero-order valence-electron chi connectivity index (χ0n) is 14.2. The van der Waals surface area contributed by atoms with E-state index in [2.05, 4.69) is 25.8 Å². The molecule has 4 aromatic rings. The van der Waals surface area contributed by atoms with E-state index in [1.807, 2.05) is 47.3 Å². The molecule has 0 unspecified atom stereocenters. The van der Waals surface area contributed by atoms with Gasteiger partial charge in [0.25, 0.3) is 0 Å². The number of hydrogen-bond acceptors (Lipinski definition) is 6. The number of piperidine rings is 1. The van der Waals surface area contributed by atoms with E-state index in [9.17, 15) is 0 Å². The van der Waals surface area contributed by atoms with E-state index in [0.717, 1.165) is 54.4 Å². The third-order valence-corrected chi connectivity index (χ3v) is 4.82.